The van der Waals surface area contributed by atoms with Gasteiger partial charge in [-0.2, -0.15) is 0 Å². The molecule has 3 atom stereocenters. The van der Waals surface area contributed by atoms with Crippen LogP contribution in [0.3, 0.4) is 0 Å². The van der Waals surface area contributed by atoms with Gasteiger partial charge >= 0.3 is 0 Å². The van der Waals surface area contributed by atoms with Crippen LogP contribution in [0.4, 0.5) is 0 Å². The lowest BCUT2D eigenvalue weighted by Gasteiger charge is -2.42. The lowest BCUT2D eigenvalue weighted by atomic mass is 9.79. The summed E-state index contributed by atoms with van der Waals surface area (Å²) >= 11 is 0. The number of nitrogens with zero attached hydrogens (tertiary/aromatic N) is 3. The molecule has 2 aromatic heterocycles. The van der Waals surface area contributed by atoms with Crippen LogP contribution in [-0.2, 0) is 11.3 Å². The molecule has 5 nitrogen and oxygen atoms in total. The summed E-state index contributed by atoms with van der Waals surface area (Å²) in [6.45, 7) is 1.79. The monoisotopic (exact) mass is 377 g/mol. The summed E-state index contributed by atoms with van der Waals surface area (Å²) in [6.07, 6.45) is 5.45. The first kappa shape index (κ1) is 17.9. The Morgan fingerprint density at radius 1 is 1.14 bits per heavy atom. The minimum absolute atomic E-state index is 0.118. The summed E-state index contributed by atoms with van der Waals surface area (Å²) in [5.74, 6) is 0. The van der Waals surface area contributed by atoms with E-state index < -0.39 is 0 Å². The maximum absolute atomic E-state index is 10.3. The fraction of sp³-hybridized carbons (Fsp3) is 0.435. The summed E-state index contributed by atoms with van der Waals surface area (Å²) in [6, 6.07) is 16.8. The van der Waals surface area contributed by atoms with Crippen molar-refractivity contribution in [2.45, 2.75) is 50.0 Å². The van der Waals surface area contributed by atoms with E-state index in [0.717, 1.165) is 55.7 Å². The molecular weight excluding hydrogens is 350 g/mol. The Labute approximate surface area is 165 Å². The summed E-state index contributed by atoms with van der Waals surface area (Å²) in [5.41, 5.74) is 4.23. The van der Waals surface area contributed by atoms with Crippen molar-refractivity contribution in [1.82, 2.24) is 14.3 Å². The zero-order chi connectivity index (χ0) is 19.1. The molecule has 3 heterocycles. The maximum atomic E-state index is 10.3. The second-order valence-corrected chi connectivity index (χ2v) is 8.14. The molecule has 0 amide bonds. The van der Waals surface area contributed by atoms with Crippen molar-refractivity contribution in [3.05, 3.63) is 60.4 Å². The maximum Gasteiger partial charge on any atom is 0.137 e. The molecule has 146 valence electrons. The van der Waals surface area contributed by atoms with Gasteiger partial charge in [0.05, 0.1) is 23.1 Å². The highest BCUT2D eigenvalue weighted by molar-refractivity contribution is 5.66. The number of hydrogen-bond donors (Lipinski definition) is 1. The third-order valence-electron chi connectivity index (χ3n) is 6.70. The molecular formula is C23H27N3O2. The molecule has 1 aliphatic carbocycles. The van der Waals surface area contributed by atoms with E-state index >= 15 is 0 Å². The number of pyridine rings is 1. The van der Waals surface area contributed by atoms with Gasteiger partial charge in [-0.05, 0) is 37.8 Å². The molecule has 5 rings (SSSR count). The lowest BCUT2D eigenvalue weighted by molar-refractivity contribution is -0.0880. The molecule has 5 heteroatoms. The van der Waals surface area contributed by atoms with Crippen LogP contribution in [0.2, 0.25) is 0 Å². The number of rotatable bonds is 4. The van der Waals surface area contributed by atoms with Crippen molar-refractivity contribution in [1.29, 1.82) is 0 Å². The molecule has 2 unspecified atom stereocenters. The van der Waals surface area contributed by atoms with Gasteiger partial charge in [0.25, 0.3) is 0 Å². The van der Waals surface area contributed by atoms with Gasteiger partial charge in [-0.3, -0.25) is 4.90 Å². The topological polar surface area (TPSA) is 50.0 Å². The number of likely N-dealkylation sites (tertiary alicyclic amines) is 1. The number of ether oxygens (including phenoxy) is 1. The van der Waals surface area contributed by atoms with Crippen molar-refractivity contribution in [2.24, 2.45) is 0 Å². The van der Waals surface area contributed by atoms with E-state index in [4.69, 9.17) is 9.72 Å². The van der Waals surface area contributed by atoms with Gasteiger partial charge in [-0.1, -0.05) is 36.4 Å². The molecule has 28 heavy (non-hydrogen) atoms. The number of aliphatic hydroxyl groups is 1. The van der Waals surface area contributed by atoms with Crippen LogP contribution in [-0.4, -0.2) is 50.8 Å². The average Bonchev–Trinajstić information content (AvgIpc) is 3.28. The molecule has 1 saturated carbocycles. The summed E-state index contributed by atoms with van der Waals surface area (Å²) in [7, 11) is 1.83. The van der Waals surface area contributed by atoms with Gasteiger partial charge in [0, 0.05) is 38.0 Å². The molecule has 0 bridgehead atoms. The normalized spacial score (nSPS) is 27.9. The number of aromatic nitrogens is 2. The van der Waals surface area contributed by atoms with Crippen LogP contribution >= 0.6 is 0 Å². The highest BCUT2D eigenvalue weighted by Gasteiger charge is 2.50. The van der Waals surface area contributed by atoms with E-state index in [9.17, 15) is 5.11 Å². The van der Waals surface area contributed by atoms with Crippen LogP contribution in [0.25, 0.3) is 16.9 Å². The van der Waals surface area contributed by atoms with E-state index in [1.165, 1.54) is 5.69 Å². The molecule has 1 aromatic carbocycles. The molecule has 3 aromatic rings. The van der Waals surface area contributed by atoms with Gasteiger partial charge in [0.15, 0.2) is 0 Å². The van der Waals surface area contributed by atoms with Crippen LogP contribution in [0, 0.1) is 0 Å². The van der Waals surface area contributed by atoms with Gasteiger partial charge in [-0.15, -0.1) is 0 Å². The molecule has 0 radical (unpaired) electrons. The Morgan fingerprint density at radius 3 is 2.79 bits per heavy atom. The number of aliphatic hydroxyl groups excluding tert-OH is 1. The fourth-order valence-electron chi connectivity index (χ4n) is 5.18. The van der Waals surface area contributed by atoms with Gasteiger partial charge < -0.3 is 14.2 Å². The smallest absolute Gasteiger partial charge is 0.137 e. The first-order valence-electron chi connectivity index (χ1n) is 10.2. The minimum Gasteiger partial charge on any atom is -0.393 e. The van der Waals surface area contributed by atoms with Gasteiger partial charge in [0.2, 0.25) is 0 Å². The van der Waals surface area contributed by atoms with E-state index in [1.54, 1.807) is 0 Å². The number of benzene rings is 1. The standard InChI is InChI=1S/C23H27N3O2/c1-28-23-11-10-18(27)15-20(23)25(14-12-23)16-19-22(17-7-3-2-4-8-17)24-21-9-5-6-13-26(19)21/h2-9,13,18,20,27H,10-12,14-16H2,1H3/t18?,20?,23-/m1/s1. The number of imidazole rings is 1. The van der Waals surface area contributed by atoms with Gasteiger partial charge in [0.1, 0.15) is 5.65 Å². The number of methoxy groups -OCH3 is 1. The van der Waals surface area contributed by atoms with Crippen molar-refractivity contribution in [3.8, 4) is 11.3 Å². The van der Waals surface area contributed by atoms with Crippen LogP contribution in [0.1, 0.15) is 31.4 Å². The van der Waals surface area contributed by atoms with Crippen molar-refractivity contribution >= 4 is 5.65 Å². The largest absolute Gasteiger partial charge is 0.393 e. The average molecular weight is 377 g/mol. The van der Waals surface area contributed by atoms with E-state index in [1.807, 2.05) is 19.2 Å². The van der Waals surface area contributed by atoms with Gasteiger partial charge in [-0.25, -0.2) is 4.98 Å². The quantitative estimate of drug-likeness (QED) is 0.756. The fourth-order valence-corrected chi connectivity index (χ4v) is 5.18. The molecule has 2 fully saturated rings. The predicted molar refractivity (Wildman–Crippen MR) is 109 cm³/mol. The highest BCUT2D eigenvalue weighted by atomic mass is 16.5. The van der Waals surface area contributed by atoms with Crippen molar-refractivity contribution in [3.63, 3.8) is 0 Å². The van der Waals surface area contributed by atoms with Crippen LogP contribution in [0.15, 0.2) is 54.7 Å². The summed E-state index contributed by atoms with van der Waals surface area (Å²) in [4.78, 5) is 7.43. The summed E-state index contributed by atoms with van der Waals surface area (Å²) < 4.78 is 8.23. The lowest BCUT2D eigenvalue weighted by Crippen LogP contribution is -2.51. The second kappa shape index (κ2) is 6.99. The van der Waals surface area contributed by atoms with E-state index in [2.05, 4.69) is 51.9 Å². The van der Waals surface area contributed by atoms with Crippen molar-refractivity contribution < 1.29 is 9.84 Å². The van der Waals surface area contributed by atoms with Crippen LogP contribution in [0.5, 0.6) is 0 Å². The van der Waals surface area contributed by atoms with Crippen LogP contribution < -0.4 is 0 Å². The molecule has 1 saturated heterocycles. The third kappa shape index (κ3) is 2.85. The van der Waals surface area contributed by atoms with E-state index in [-0.39, 0.29) is 17.7 Å². The molecule has 2 aliphatic rings. The Balaban J connectivity index is 1.55. The SMILES string of the molecule is CO[C@@]12CCC(O)CC1N(Cc1c(-c3ccccc3)nc3ccccn13)CC2. The zero-order valence-electron chi connectivity index (χ0n) is 16.3. The Hall–Kier alpha value is -2.21. The minimum atomic E-state index is -0.232. The molecule has 1 aliphatic heterocycles. The Bertz CT molecular complexity index is 970. The first-order valence-corrected chi connectivity index (χ1v) is 10.2. The number of hydrogen-bond acceptors (Lipinski definition) is 4. The second-order valence-electron chi connectivity index (χ2n) is 8.14. The zero-order valence-corrected chi connectivity index (χ0v) is 16.3. The Kier molecular flexibility index (Phi) is 4.46. The third-order valence-corrected chi connectivity index (χ3v) is 6.70. The molecule has 0 spiro atoms. The highest BCUT2D eigenvalue weighted by Crippen LogP contribution is 2.43. The predicted octanol–water partition coefficient (Wildman–Crippen LogP) is 3.51. The van der Waals surface area contributed by atoms with E-state index in [0.29, 0.717) is 0 Å². The first-order chi connectivity index (χ1) is 13.7. The molecule has 1 N–H and O–H groups in total. The summed E-state index contributed by atoms with van der Waals surface area (Å²) in [5, 5.41) is 10.3. The number of fused-ring (bicyclic) bond motifs is 2. The Morgan fingerprint density at radius 2 is 1.96 bits per heavy atom. The van der Waals surface area contributed by atoms with Crippen molar-refractivity contribution in [2.75, 3.05) is 13.7 Å².